The summed E-state index contributed by atoms with van der Waals surface area (Å²) in [5, 5.41) is 0. The Balaban J connectivity index is 3.13. The summed E-state index contributed by atoms with van der Waals surface area (Å²) in [7, 11) is 2.00. The molecule has 0 amide bonds. The summed E-state index contributed by atoms with van der Waals surface area (Å²) in [5.74, 6) is 0. The molecule has 1 heterocycles. The number of hydrogen-bond acceptors (Lipinski definition) is 3. The van der Waals surface area contributed by atoms with Crippen LogP contribution in [0.4, 0.5) is 5.69 Å². The van der Waals surface area contributed by atoms with Gasteiger partial charge in [0.25, 0.3) is 0 Å². The fourth-order valence-electron chi connectivity index (χ4n) is 1.15. The van der Waals surface area contributed by atoms with Gasteiger partial charge >= 0.3 is 0 Å². The molecule has 4 heteroatoms. The van der Waals surface area contributed by atoms with E-state index >= 15 is 0 Å². The predicted octanol–water partition coefficient (Wildman–Crippen LogP) is 1.56. The van der Waals surface area contributed by atoms with Gasteiger partial charge in [0, 0.05) is 24.8 Å². The van der Waals surface area contributed by atoms with Gasteiger partial charge in [-0.1, -0.05) is 12.2 Å². The molecular formula is C10H15N3S. The summed E-state index contributed by atoms with van der Waals surface area (Å²) in [5.41, 5.74) is 7.49. The van der Waals surface area contributed by atoms with Gasteiger partial charge in [0.1, 0.15) is 4.99 Å². The highest BCUT2D eigenvalue weighted by Gasteiger charge is 2.11. The predicted molar refractivity (Wildman–Crippen MR) is 63.7 cm³/mol. The topological polar surface area (TPSA) is 42.2 Å². The highest BCUT2D eigenvalue weighted by molar-refractivity contribution is 7.80. The summed E-state index contributed by atoms with van der Waals surface area (Å²) in [6.45, 7) is 4.21. The molecule has 3 nitrogen and oxygen atoms in total. The lowest BCUT2D eigenvalue weighted by molar-refractivity contribution is 0.752. The standard InChI is InChI=1S/C10H15N3S/c1-7(2)13(3)9-6-12-5-4-8(9)10(11)14/h4-7H,1-3H3,(H2,11,14). The van der Waals surface area contributed by atoms with Crippen LogP contribution in [0, 0.1) is 0 Å². The van der Waals surface area contributed by atoms with E-state index in [0.717, 1.165) is 11.3 Å². The highest BCUT2D eigenvalue weighted by atomic mass is 32.1. The Morgan fingerprint density at radius 1 is 1.57 bits per heavy atom. The molecule has 14 heavy (non-hydrogen) atoms. The first kappa shape index (κ1) is 10.9. The van der Waals surface area contributed by atoms with E-state index < -0.39 is 0 Å². The molecule has 0 aromatic carbocycles. The van der Waals surface area contributed by atoms with Gasteiger partial charge in [-0.25, -0.2) is 0 Å². The van der Waals surface area contributed by atoms with Crippen molar-refractivity contribution in [2.75, 3.05) is 11.9 Å². The van der Waals surface area contributed by atoms with Crippen molar-refractivity contribution in [1.82, 2.24) is 4.98 Å². The summed E-state index contributed by atoms with van der Waals surface area (Å²) in [6.07, 6.45) is 3.49. The maximum atomic E-state index is 5.63. The molecule has 2 N–H and O–H groups in total. The van der Waals surface area contributed by atoms with Crippen molar-refractivity contribution < 1.29 is 0 Å². The van der Waals surface area contributed by atoms with Crippen LogP contribution in [-0.4, -0.2) is 23.1 Å². The van der Waals surface area contributed by atoms with E-state index in [0.29, 0.717) is 11.0 Å². The highest BCUT2D eigenvalue weighted by Crippen LogP contribution is 2.19. The first-order valence-electron chi connectivity index (χ1n) is 4.50. The van der Waals surface area contributed by atoms with E-state index in [2.05, 4.69) is 23.7 Å². The Morgan fingerprint density at radius 3 is 2.71 bits per heavy atom. The van der Waals surface area contributed by atoms with Crippen LogP contribution in [-0.2, 0) is 0 Å². The van der Waals surface area contributed by atoms with Gasteiger partial charge in [0.05, 0.1) is 11.9 Å². The minimum absolute atomic E-state index is 0.396. The Bertz CT molecular complexity index is 336. The van der Waals surface area contributed by atoms with Crippen molar-refractivity contribution in [3.8, 4) is 0 Å². The number of pyridine rings is 1. The number of thiocarbonyl (C=S) groups is 1. The van der Waals surface area contributed by atoms with Gasteiger partial charge in [-0.3, -0.25) is 4.98 Å². The molecule has 0 bridgehead atoms. The molecule has 0 saturated heterocycles. The smallest absolute Gasteiger partial charge is 0.106 e. The fourth-order valence-corrected chi connectivity index (χ4v) is 1.33. The van der Waals surface area contributed by atoms with Crippen LogP contribution >= 0.6 is 12.2 Å². The number of rotatable bonds is 3. The van der Waals surface area contributed by atoms with Crippen molar-refractivity contribution in [3.63, 3.8) is 0 Å². The van der Waals surface area contributed by atoms with Gasteiger partial charge in [-0.2, -0.15) is 0 Å². The van der Waals surface area contributed by atoms with Gasteiger partial charge in [0.2, 0.25) is 0 Å². The minimum atomic E-state index is 0.396. The van der Waals surface area contributed by atoms with Crippen LogP contribution in [0.3, 0.4) is 0 Å². The monoisotopic (exact) mass is 209 g/mol. The van der Waals surface area contributed by atoms with Crippen LogP contribution in [0.25, 0.3) is 0 Å². The van der Waals surface area contributed by atoms with E-state index in [-0.39, 0.29) is 0 Å². The average Bonchev–Trinajstić information content (AvgIpc) is 2.16. The Morgan fingerprint density at radius 2 is 2.21 bits per heavy atom. The summed E-state index contributed by atoms with van der Waals surface area (Å²) in [6, 6.07) is 2.24. The molecule has 1 aromatic rings. The largest absolute Gasteiger partial charge is 0.389 e. The molecule has 0 aliphatic carbocycles. The molecule has 1 aromatic heterocycles. The molecule has 0 atom stereocenters. The number of hydrogen-bond donors (Lipinski definition) is 1. The second kappa shape index (κ2) is 4.37. The van der Waals surface area contributed by atoms with Crippen molar-refractivity contribution in [2.24, 2.45) is 5.73 Å². The zero-order chi connectivity index (χ0) is 10.7. The van der Waals surface area contributed by atoms with Crippen molar-refractivity contribution in [3.05, 3.63) is 24.0 Å². The van der Waals surface area contributed by atoms with E-state index in [1.54, 1.807) is 12.4 Å². The minimum Gasteiger partial charge on any atom is -0.389 e. The lowest BCUT2D eigenvalue weighted by Gasteiger charge is -2.25. The molecule has 76 valence electrons. The average molecular weight is 209 g/mol. The Kier molecular flexibility index (Phi) is 3.41. The number of nitrogens with zero attached hydrogens (tertiary/aromatic N) is 2. The maximum absolute atomic E-state index is 5.63. The van der Waals surface area contributed by atoms with Gasteiger partial charge in [0.15, 0.2) is 0 Å². The molecule has 0 aliphatic heterocycles. The maximum Gasteiger partial charge on any atom is 0.106 e. The molecule has 0 saturated carbocycles. The molecule has 0 fully saturated rings. The summed E-state index contributed by atoms with van der Waals surface area (Å²) < 4.78 is 0. The van der Waals surface area contributed by atoms with E-state index in [9.17, 15) is 0 Å². The van der Waals surface area contributed by atoms with Crippen LogP contribution in [0.1, 0.15) is 19.4 Å². The second-order valence-electron chi connectivity index (χ2n) is 3.46. The van der Waals surface area contributed by atoms with E-state index in [1.807, 2.05) is 13.1 Å². The second-order valence-corrected chi connectivity index (χ2v) is 3.90. The van der Waals surface area contributed by atoms with Crippen molar-refractivity contribution in [1.29, 1.82) is 0 Å². The first-order valence-corrected chi connectivity index (χ1v) is 4.91. The zero-order valence-corrected chi connectivity index (χ0v) is 9.51. The van der Waals surface area contributed by atoms with Gasteiger partial charge in [-0.15, -0.1) is 0 Å². The fraction of sp³-hybridized carbons (Fsp3) is 0.400. The molecule has 0 aliphatic rings. The van der Waals surface area contributed by atoms with Crippen molar-refractivity contribution >= 4 is 22.9 Å². The number of anilines is 1. The number of nitrogens with two attached hydrogens (primary N) is 1. The van der Waals surface area contributed by atoms with Crippen molar-refractivity contribution in [2.45, 2.75) is 19.9 Å². The SMILES string of the molecule is CC(C)N(C)c1cnccc1C(N)=S. The van der Waals surface area contributed by atoms with Crippen LogP contribution in [0.5, 0.6) is 0 Å². The zero-order valence-electron chi connectivity index (χ0n) is 8.69. The third-order valence-electron chi connectivity index (χ3n) is 2.22. The lowest BCUT2D eigenvalue weighted by Crippen LogP contribution is -2.28. The molecule has 0 spiro atoms. The molecular weight excluding hydrogens is 194 g/mol. The van der Waals surface area contributed by atoms with E-state index in [1.165, 1.54) is 0 Å². The third-order valence-corrected chi connectivity index (χ3v) is 2.44. The lowest BCUT2D eigenvalue weighted by atomic mass is 10.2. The first-order chi connectivity index (χ1) is 6.54. The number of aromatic nitrogens is 1. The Hall–Kier alpha value is -1.16. The summed E-state index contributed by atoms with van der Waals surface area (Å²) in [4.78, 5) is 6.58. The molecule has 0 radical (unpaired) electrons. The van der Waals surface area contributed by atoms with E-state index in [4.69, 9.17) is 18.0 Å². The van der Waals surface area contributed by atoms with Crippen LogP contribution < -0.4 is 10.6 Å². The Labute approximate surface area is 89.9 Å². The quantitative estimate of drug-likeness (QED) is 0.767. The van der Waals surface area contributed by atoms with Gasteiger partial charge in [-0.05, 0) is 19.9 Å². The third kappa shape index (κ3) is 2.20. The normalized spacial score (nSPS) is 10.3. The van der Waals surface area contributed by atoms with Gasteiger partial charge < -0.3 is 10.6 Å². The molecule has 1 rings (SSSR count). The van der Waals surface area contributed by atoms with Crippen LogP contribution in [0.2, 0.25) is 0 Å². The van der Waals surface area contributed by atoms with Crippen LogP contribution in [0.15, 0.2) is 18.5 Å². The molecule has 0 unspecified atom stereocenters. The summed E-state index contributed by atoms with van der Waals surface area (Å²) >= 11 is 4.98.